The highest BCUT2D eigenvalue weighted by molar-refractivity contribution is 14.0. The number of halogens is 2. The number of nitrogens with zero attached hydrogens (tertiary/aromatic N) is 3. The van der Waals surface area contributed by atoms with Crippen molar-refractivity contribution in [1.29, 1.82) is 5.26 Å². The summed E-state index contributed by atoms with van der Waals surface area (Å²) in [6.07, 6.45) is 2.17. The fourth-order valence-electron chi connectivity index (χ4n) is 3.30. The van der Waals surface area contributed by atoms with Crippen LogP contribution in [0, 0.1) is 17.1 Å². The van der Waals surface area contributed by atoms with Crippen LogP contribution < -0.4 is 15.5 Å². The Morgan fingerprint density at radius 2 is 2.07 bits per heavy atom. The van der Waals surface area contributed by atoms with Crippen LogP contribution in [0.25, 0.3) is 0 Å². The minimum absolute atomic E-state index is 0. The quantitative estimate of drug-likeness (QED) is 0.388. The second kappa shape index (κ2) is 10.9. The van der Waals surface area contributed by atoms with E-state index in [1.54, 1.807) is 19.2 Å². The second-order valence-electron chi connectivity index (χ2n) is 6.61. The molecule has 2 N–H and O–H groups in total. The summed E-state index contributed by atoms with van der Waals surface area (Å²) in [7, 11) is 1.71. The lowest BCUT2D eigenvalue weighted by atomic mass is 10.0. The fraction of sp³-hybridized carbons (Fsp3) is 0.333. The van der Waals surface area contributed by atoms with E-state index in [4.69, 9.17) is 5.26 Å². The SMILES string of the molecule is CN=C(NCc1ccc(C#N)cc1F)NC1CCCN(c2ccccc2)C1.I. The van der Waals surface area contributed by atoms with E-state index in [1.807, 2.05) is 12.1 Å². The maximum atomic E-state index is 14.0. The van der Waals surface area contributed by atoms with Crippen LogP contribution in [0.3, 0.4) is 0 Å². The largest absolute Gasteiger partial charge is 0.369 e. The van der Waals surface area contributed by atoms with Gasteiger partial charge in [0, 0.05) is 44.0 Å². The van der Waals surface area contributed by atoms with Crippen LogP contribution in [0.1, 0.15) is 24.0 Å². The van der Waals surface area contributed by atoms with Crippen LogP contribution in [-0.2, 0) is 6.54 Å². The van der Waals surface area contributed by atoms with Gasteiger partial charge in [-0.25, -0.2) is 4.39 Å². The van der Waals surface area contributed by atoms with Gasteiger partial charge < -0.3 is 15.5 Å². The Balaban J connectivity index is 0.00000280. The predicted molar refractivity (Wildman–Crippen MR) is 122 cm³/mol. The molecule has 0 spiro atoms. The first-order chi connectivity index (χ1) is 13.2. The van der Waals surface area contributed by atoms with Crippen LogP contribution in [0.5, 0.6) is 0 Å². The molecule has 7 heteroatoms. The number of benzene rings is 2. The van der Waals surface area contributed by atoms with Crippen LogP contribution in [0.15, 0.2) is 53.5 Å². The highest BCUT2D eigenvalue weighted by Gasteiger charge is 2.21. The third kappa shape index (κ3) is 5.83. The normalized spacial score (nSPS) is 16.7. The number of nitrogens with one attached hydrogen (secondary N) is 2. The van der Waals surface area contributed by atoms with E-state index in [1.165, 1.54) is 11.8 Å². The summed E-state index contributed by atoms with van der Waals surface area (Å²) in [5.41, 5.74) is 2.06. The molecular weight excluding hydrogens is 468 g/mol. The highest BCUT2D eigenvalue weighted by atomic mass is 127. The highest BCUT2D eigenvalue weighted by Crippen LogP contribution is 2.19. The Kier molecular flexibility index (Phi) is 8.51. The Hall–Kier alpha value is -2.34. The summed E-state index contributed by atoms with van der Waals surface area (Å²) in [5.74, 6) is 0.267. The van der Waals surface area contributed by atoms with Crippen molar-refractivity contribution in [2.75, 3.05) is 25.0 Å². The molecule has 148 valence electrons. The van der Waals surface area contributed by atoms with Crippen molar-refractivity contribution < 1.29 is 4.39 Å². The number of anilines is 1. The minimum Gasteiger partial charge on any atom is -0.369 e. The van der Waals surface area contributed by atoms with Crippen LogP contribution in [0.4, 0.5) is 10.1 Å². The van der Waals surface area contributed by atoms with E-state index < -0.39 is 0 Å². The molecule has 0 aliphatic carbocycles. The smallest absolute Gasteiger partial charge is 0.191 e. The first kappa shape index (κ1) is 22.0. The average Bonchev–Trinajstić information content (AvgIpc) is 2.72. The Bertz CT molecular complexity index is 834. The molecule has 2 aromatic rings. The first-order valence-electron chi connectivity index (χ1n) is 9.15. The molecule has 0 amide bonds. The molecule has 28 heavy (non-hydrogen) atoms. The Morgan fingerprint density at radius 3 is 2.75 bits per heavy atom. The third-order valence-corrected chi connectivity index (χ3v) is 4.74. The fourth-order valence-corrected chi connectivity index (χ4v) is 3.30. The van der Waals surface area contributed by atoms with Gasteiger partial charge in [0.25, 0.3) is 0 Å². The molecule has 1 heterocycles. The van der Waals surface area contributed by atoms with Gasteiger partial charge in [0.15, 0.2) is 5.96 Å². The molecule has 1 saturated heterocycles. The van der Waals surface area contributed by atoms with Crippen LogP contribution in [0.2, 0.25) is 0 Å². The minimum atomic E-state index is -0.384. The van der Waals surface area contributed by atoms with Crippen molar-refractivity contribution in [2.45, 2.75) is 25.4 Å². The number of nitriles is 1. The topological polar surface area (TPSA) is 63.5 Å². The maximum absolute atomic E-state index is 14.0. The number of rotatable bonds is 4. The van der Waals surface area contributed by atoms with E-state index in [9.17, 15) is 4.39 Å². The Morgan fingerprint density at radius 1 is 1.29 bits per heavy atom. The zero-order valence-corrected chi connectivity index (χ0v) is 18.2. The molecule has 0 aromatic heterocycles. The zero-order chi connectivity index (χ0) is 19.1. The van der Waals surface area contributed by atoms with E-state index in [0.717, 1.165) is 25.9 Å². The van der Waals surface area contributed by atoms with Crippen molar-refractivity contribution >= 4 is 35.6 Å². The molecule has 0 radical (unpaired) electrons. The molecule has 5 nitrogen and oxygen atoms in total. The maximum Gasteiger partial charge on any atom is 0.191 e. The molecule has 1 aliphatic heterocycles. The van der Waals surface area contributed by atoms with Crippen molar-refractivity contribution in [3.63, 3.8) is 0 Å². The molecular formula is C21H25FIN5. The van der Waals surface area contributed by atoms with Gasteiger partial charge in [-0.15, -0.1) is 24.0 Å². The summed E-state index contributed by atoms with van der Waals surface area (Å²) in [4.78, 5) is 6.63. The van der Waals surface area contributed by atoms with E-state index >= 15 is 0 Å². The van der Waals surface area contributed by atoms with Gasteiger partial charge in [0.1, 0.15) is 5.82 Å². The lowest BCUT2D eigenvalue weighted by Gasteiger charge is -2.35. The summed E-state index contributed by atoms with van der Waals surface area (Å²) in [6, 6.07) is 17.1. The first-order valence-corrected chi connectivity index (χ1v) is 9.15. The van der Waals surface area contributed by atoms with Crippen LogP contribution in [-0.4, -0.2) is 32.1 Å². The molecule has 1 unspecified atom stereocenters. The molecule has 1 atom stereocenters. The van der Waals surface area contributed by atoms with Gasteiger partial charge in [-0.05, 0) is 37.1 Å². The van der Waals surface area contributed by atoms with Gasteiger partial charge in [-0.2, -0.15) is 5.26 Å². The van der Waals surface area contributed by atoms with E-state index in [2.05, 4.69) is 44.8 Å². The van der Waals surface area contributed by atoms with Gasteiger partial charge in [0.05, 0.1) is 11.6 Å². The monoisotopic (exact) mass is 493 g/mol. The van der Waals surface area contributed by atoms with Gasteiger partial charge in [0.2, 0.25) is 0 Å². The number of piperidine rings is 1. The molecule has 2 aromatic carbocycles. The molecule has 0 bridgehead atoms. The lowest BCUT2D eigenvalue weighted by molar-refractivity contribution is 0.467. The number of guanidine groups is 1. The Labute approximate surface area is 182 Å². The third-order valence-electron chi connectivity index (χ3n) is 4.74. The standard InChI is InChI=1S/C21H24FN5.HI/c1-24-21(25-14-17-10-9-16(13-23)12-20(17)22)26-18-6-5-11-27(15-18)19-7-3-2-4-8-19;/h2-4,7-10,12,18H,5-6,11,14-15H2,1H3,(H2,24,25,26);1H. The van der Waals surface area contributed by atoms with Crippen molar-refractivity contribution in [3.05, 3.63) is 65.5 Å². The number of hydrogen-bond donors (Lipinski definition) is 2. The summed E-state index contributed by atoms with van der Waals surface area (Å²) in [6.45, 7) is 2.26. The summed E-state index contributed by atoms with van der Waals surface area (Å²) >= 11 is 0. The van der Waals surface area contributed by atoms with E-state index in [-0.39, 0.29) is 35.8 Å². The predicted octanol–water partition coefficient (Wildman–Crippen LogP) is 3.65. The van der Waals surface area contributed by atoms with Crippen molar-refractivity contribution in [1.82, 2.24) is 10.6 Å². The molecule has 0 saturated carbocycles. The van der Waals surface area contributed by atoms with Crippen molar-refractivity contribution in [3.8, 4) is 6.07 Å². The number of hydrogen-bond acceptors (Lipinski definition) is 3. The second-order valence-corrected chi connectivity index (χ2v) is 6.61. The van der Waals surface area contributed by atoms with Crippen molar-refractivity contribution in [2.24, 2.45) is 4.99 Å². The lowest BCUT2D eigenvalue weighted by Crippen LogP contribution is -2.51. The number of para-hydroxylation sites is 1. The molecule has 1 aliphatic rings. The molecule has 1 fully saturated rings. The zero-order valence-electron chi connectivity index (χ0n) is 15.9. The van der Waals surface area contributed by atoms with E-state index in [0.29, 0.717) is 23.6 Å². The molecule has 3 rings (SSSR count). The van der Waals surface area contributed by atoms with Gasteiger partial charge in [-0.3, -0.25) is 4.99 Å². The van der Waals surface area contributed by atoms with Gasteiger partial charge >= 0.3 is 0 Å². The van der Waals surface area contributed by atoms with Gasteiger partial charge in [-0.1, -0.05) is 24.3 Å². The summed E-state index contributed by atoms with van der Waals surface area (Å²) < 4.78 is 14.0. The summed E-state index contributed by atoms with van der Waals surface area (Å²) in [5, 5.41) is 15.4. The number of aliphatic imine (C=N–C) groups is 1. The van der Waals surface area contributed by atoms with Crippen LogP contribution >= 0.6 is 24.0 Å². The average molecular weight is 493 g/mol.